The van der Waals surface area contributed by atoms with Gasteiger partial charge in [0.25, 0.3) is 0 Å². The minimum atomic E-state index is -2.94. The predicted octanol–water partition coefficient (Wildman–Crippen LogP) is 2.46. The molecule has 0 heterocycles. The number of hydrogen-bond acceptors (Lipinski definition) is 4. The van der Waals surface area contributed by atoms with E-state index in [-0.39, 0.29) is 35.8 Å². The Bertz CT molecular complexity index is 624. The van der Waals surface area contributed by atoms with Gasteiger partial charge < -0.3 is 15.4 Å². The van der Waals surface area contributed by atoms with E-state index >= 15 is 0 Å². The van der Waals surface area contributed by atoms with Gasteiger partial charge in [-0.3, -0.25) is 4.99 Å². The van der Waals surface area contributed by atoms with Crippen LogP contribution in [0.5, 0.6) is 0 Å². The summed E-state index contributed by atoms with van der Waals surface area (Å²) < 4.78 is 27.9. The third-order valence-electron chi connectivity index (χ3n) is 3.25. The van der Waals surface area contributed by atoms with Gasteiger partial charge in [-0.2, -0.15) is 0 Å². The average molecular weight is 504 g/mol. The van der Waals surface area contributed by atoms with E-state index in [1.807, 2.05) is 31.2 Å². The van der Waals surface area contributed by atoms with Gasteiger partial charge in [0, 0.05) is 30.9 Å². The number of aliphatic imine (C=N–C) groups is 1. The zero-order valence-electron chi connectivity index (χ0n) is 14.8. The van der Waals surface area contributed by atoms with Crippen molar-refractivity contribution in [3.63, 3.8) is 0 Å². The lowest BCUT2D eigenvalue weighted by Gasteiger charge is -2.17. The number of ether oxygens (including phenoxy) is 1. The van der Waals surface area contributed by atoms with E-state index in [0.29, 0.717) is 37.2 Å². The first kappa shape index (κ1) is 24.4. The summed E-state index contributed by atoms with van der Waals surface area (Å²) in [7, 11) is -1.27. The summed E-state index contributed by atoms with van der Waals surface area (Å²) in [6.45, 7) is 3.58. The molecule has 6 nitrogen and oxygen atoms in total. The lowest BCUT2D eigenvalue weighted by Crippen LogP contribution is -2.43. The van der Waals surface area contributed by atoms with E-state index in [1.165, 1.54) is 6.26 Å². The summed E-state index contributed by atoms with van der Waals surface area (Å²) >= 11 is 5.83. The second-order valence-electron chi connectivity index (χ2n) is 5.64. The zero-order valence-corrected chi connectivity index (χ0v) is 18.7. The first-order chi connectivity index (χ1) is 11.3. The van der Waals surface area contributed by atoms with Crippen LogP contribution < -0.4 is 10.6 Å². The third-order valence-corrected chi connectivity index (χ3v) is 4.48. The molecule has 1 aromatic rings. The molecular weight excluding hydrogens is 477 g/mol. The van der Waals surface area contributed by atoms with Crippen LogP contribution in [0.15, 0.2) is 29.3 Å². The number of benzene rings is 1. The number of nitrogens with zero attached hydrogens (tertiary/aromatic N) is 1. The first-order valence-corrected chi connectivity index (χ1v) is 10.2. The van der Waals surface area contributed by atoms with Crippen molar-refractivity contribution in [1.82, 2.24) is 10.6 Å². The van der Waals surface area contributed by atoms with Crippen LogP contribution in [-0.4, -0.2) is 52.6 Å². The molecule has 1 aromatic carbocycles. The Hall–Kier alpha value is -0.580. The summed E-state index contributed by atoms with van der Waals surface area (Å²) in [4.78, 5) is 4.11. The van der Waals surface area contributed by atoms with Gasteiger partial charge in [0.15, 0.2) is 5.96 Å². The maximum Gasteiger partial charge on any atom is 0.191 e. The molecule has 1 rings (SSSR count). The average Bonchev–Trinajstić information content (AvgIpc) is 2.52. The Balaban J connectivity index is 0.00000576. The molecule has 0 saturated heterocycles. The minimum absolute atomic E-state index is 0. The highest BCUT2D eigenvalue weighted by molar-refractivity contribution is 14.0. The normalized spacial score (nSPS) is 13.0. The smallest absolute Gasteiger partial charge is 0.191 e. The van der Waals surface area contributed by atoms with E-state index in [4.69, 9.17) is 16.3 Å². The zero-order chi connectivity index (χ0) is 18.0. The second kappa shape index (κ2) is 12.7. The number of rotatable bonds is 9. The van der Waals surface area contributed by atoms with Crippen molar-refractivity contribution >= 4 is 51.4 Å². The molecule has 0 amide bonds. The Morgan fingerprint density at radius 3 is 2.52 bits per heavy atom. The van der Waals surface area contributed by atoms with Crippen LogP contribution >= 0.6 is 35.6 Å². The molecule has 0 aromatic heterocycles. The molecule has 2 N–H and O–H groups in total. The minimum Gasteiger partial charge on any atom is -0.375 e. The van der Waals surface area contributed by atoms with Crippen LogP contribution in [0.3, 0.4) is 0 Å². The van der Waals surface area contributed by atoms with E-state index in [9.17, 15) is 8.42 Å². The monoisotopic (exact) mass is 503 g/mol. The molecular formula is C16H27ClIN3O3S. The Morgan fingerprint density at radius 2 is 1.96 bits per heavy atom. The highest BCUT2D eigenvalue weighted by atomic mass is 127. The summed E-state index contributed by atoms with van der Waals surface area (Å²) in [5.74, 6) is 0.786. The maximum absolute atomic E-state index is 11.2. The number of guanidine groups is 1. The number of nitrogens with one attached hydrogen (secondary N) is 2. The van der Waals surface area contributed by atoms with Gasteiger partial charge in [0.05, 0.1) is 19.0 Å². The molecule has 0 spiro atoms. The van der Waals surface area contributed by atoms with Crippen molar-refractivity contribution in [3.05, 3.63) is 34.9 Å². The number of sulfone groups is 1. The lowest BCUT2D eigenvalue weighted by atomic mass is 10.2. The van der Waals surface area contributed by atoms with Gasteiger partial charge in [0.2, 0.25) is 0 Å². The van der Waals surface area contributed by atoms with Crippen molar-refractivity contribution in [2.24, 2.45) is 4.99 Å². The summed E-state index contributed by atoms with van der Waals surface area (Å²) in [6, 6.07) is 7.55. The number of halogens is 2. The van der Waals surface area contributed by atoms with E-state index in [1.54, 1.807) is 7.05 Å². The molecule has 25 heavy (non-hydrogen) atoms. The van der Waals surface area contributed by atoms with Gasteiger partial charge in [-0.15, -0.1) is 24.0 Å². The van der Waals surface area contributed by atoms with Crippen LogP contribution in [0.4, 0.5) is 0 Å². The third kappa shape index (κ3) is 12.4. The summed E-state index contributed by atoms with van der Waals surface area (Å²) in [6.07, 6.45) is 1.78. The lowest BCUT2D eigenvalue weighted by molar-refractivity contribution is 0.125. The Morgan fingerprint density at radius 1 is 1.32 bits per heavy atom. The molecule has 0 aliphatic heterocycles. The van der Waals surface area contributed by atoms with Crippen LogP contribution in [-0.2, 0) is 21.2 Å². The van der Waals surface area contributed by atoms with Crippen molar-refractivity contribution in [1.29, 1.82) is 0 Å². The van der Waals surface area contributed by atoms with Crippen LogP contribution in [0.2, 0.25) is 5.02 Å². The topological polar surface area (TPSA) is 79.8 Å². The molecule has 0 bridgehead atoms. The fourth-order valence-corrected chi connectivity index (χ4v) is 2.81. The summed E-state index contributed by atoms with van der Waals surface area (Å²) in [5, 5.41) is 7.00. The Kier molecular flexibility index (Phi) is 12.4. The quantitative estimate of drug-likeness (QED) is 0.234. The molecule has 0 fully saturated rings. The largest absolute Gasteiger partial charge is 0.375 e. The predicted molar refractivity (Wildman–Crippen MR) is 115 cm³/mol. The van der Waals surface area contributed by atoms with E-state index in [2.05, 4.69) is 15.6 Å². The highest BCUT2D eigenvalue weighted by Crippen LogP contribution is 2.09. The Labute approximate surface area is 172 Å². The molecule has 1 unspecified atom stereocenters. The second-order valence-corrected chi connectivity index (χ2v) is 8.34. The number of hydrogen-bond donors (Lipinski definition) is 2. The van der Waals surface area contributed by atoms with Crippen molar-refractivity contribution in [3.8, 4) is 0 Å². The van der Waals surface area contributed by atoms with Gasteiger partial charge in [-0.1, -0.05) is 23.7 Å². The van der Waals surface area contributed by atoms with Crippen LogP contribution in [0.1, 0.15) is 18.9 Å². The van der Waals surface area contributed by atoms with Crippen molar-refractivity contribution < 1.29 is 13.2 Å². The molecule has 9 heteroatoms. The molecule has 1 atom stereocenters. The van der Waals surface area contributed by atoms with Crippen LogP contribution in [0.25, 0.3) is 0 Å². The molecule has 0 saturated carbocycles. The van der Waals surface area contributed by atoms with Crippen LogP contribution in [0, 0.1) is 0 Å². The SMILES string of the molecule is CN=C(NCCOCc1ccc(Cl)cc1)NC(C)CCS(C)(=O)=O.I. The van der Waals surface area contributed by atoms with Crippen molar-refractivity contribution in [2.75, 3.05) is 32.2 Å². The fraction of sp³-hybridized carbons (Fsp3) is 0.562. The molecule has 144 valence electrons. The van der Waals surface area contributed by atoms with Gasteiger partial charge in [0.1, 0.15) is 9.84 Å². The van der Waals surface area contributed by atoms with E-state index < -0.39 is 9.84 Å². The molecule has 0 aliphatic rings. The van der Waals surface area contributed by atoms with Gasteiger partial charge in [-0.05, 0) is 31.0 Å². The van der Waals surface area contributed by atoms with Gasteiger partial charge >= 0.3 is 0 Å². The highest BCUT2D eigenvalue weighted by Gasteiger charge is 2.09. The fourth-order valence-electron chi connectivity index (χ4n) is 1.90. The molecule has 0 radical (unpaired) electrons. The van der Waals surface area contributed by atoms with E-state index in [0.717, 1.165) is 5.56 Å². The van der Waals surface area contributed by atoms with Crippen molar-refractivity contribution in [2.45, 2.75) is 26.0 Å². The van der Waals surface area contributed by atoms with Gasteiger partial charge in [-0.25, -0.2) is 8.42 Å². The summed E-state index contributed by atoms with van der Waals surface area (Å²) in [5.41, 5.74) is 1.07. The molecule has 0 aliphatic carbocycles. The standard InChI is InChI=1S/C16H26ClN3O3S.HI/c1-13(8-11-24(3,21)22)20-16(18-2)19-9-10-23-12-14-4-6-15(17)7-5-14;/h4-7,13H,8-12H2,1-3H3,(H2,18,19,20);1H. The first-order valence-electron chi connectivity index (χ1n) is 7.77. The maximum atomic E-state index is 11.2.